The van der Waals surface area contributed by atoms with Crippen molar-refractivity contribution in [3.8, 4) is 16.9 Å². The normalized spacial score (nSPS) is 19.7. The summed E-state index contributed by atoms with van der Waals surface area (Å²) >= 11 is 0. The molecule has 0 bridgehead atoms. The second-order valence-electron chi connectivity index (χ2n) is 8.17. The zero-order valence-corrected chi connectivity index (χ0v) is 18.0. The van der Waals surface area contributed by atoms with Gasteiger partial charge < -0.3 is 9.47 Å². The van der Waals surface area contributed by atoms with E-state index in [-0.39, 0.29) is 24.3 Å². The maximum absolute atomic E-state index is 14.6. The van der Waals surface area contributed by atoms with Gasteiger partial charge in [-0.3, -0.25) is 0 Å². The van der Waals surface area contributed by atoms with Crippen LogP contribution in [0, 0.1) is 18.7 Å². The molecule has 3 rings (SSSR count). The molecule has 1 saturated heterocycles. The van der Waals surface area contributed by atoms with Crippen LogP contribution in [0.25, 0.3) is 11.1 Å². The van der Waals surface area contributed by atoms with Crippen LogP contribution in [0.5, 0.6) is 5.75 Å². The molecule has 0 saturated carbocycles. The van der Waals surface area contributed by atoms with Gasteiger partial charge in [0.25, 0.3) is 0 Å². The molecule has 2 aromatic carbocycles. The van der Waals surface area contributed by atoms with E-state index in [0.29, 0.717) is 30.4 Å². The van der Waals surface area contributed by atoms with Crippen molar-refractivity contribution >= 4 is 0 Å². The van der Waals surface area contributed by atoms with E-state index in [4.69, 9.17) is 9.47 Å². The lowest BCUT2D eigenvalue weighted by atomic mass is 9.95. The minimum atomic E-state index is -3.29. The minimum Gasteiger partial charge on any atom is -0.432 e. The van der Waals surface area contributed by atoms with Crippen LogP contribution in [0.2, 0.25) is 0 Å². The Balaban J connectivity index is 1.68. The highest BCUT2D eigenvalue weighted by Gasteiger charge is 2.44. The Hall–Kier alpha value is -2.01. The average molecular weight is 421 g/mol. The molecule has 0 amide bonds. The monoisotopic (exact) mass is 420 g/mol. The van der Waals surface area contributed by atoms with Gasteiger partial charge in [0, 0.05) is 0 Å². The van der Waals surface area contributed by atoms with Crippen LogP contribution in [0.1, 0.15) is 57.1 Å². The summed E-state index contributed by atoms with van der Waals surface area (Å²) in [4.78, 5) is 0. The summed E-state index contributed by atoms with van der Waals surface area (Å²) in [6, 6.07) is 10.1. The van der Waals surface area contributed by atoms with Crippen molar-refractivity contribution in [1.82, 2.24) is 0 Å². The first kappa shape index (κ1) is 22.7. The Bertz CT molecular complexity index is 825. The van der Waals surface area contributed by atoms with E-state index in [1.807, 2.05) is 13.0 Å². The standard InChI is InChI=1S/C25H31F3O2/c1-4-6-19-10-15-23(17(3)24(19)26)18-8-12-22(13-9-18)30-25(27,28)20-11-14-21(7-5-2)29-16-20/h8-10,12-13,15,20-21H,4-7,11,14,16H2,1-3H3. The Morgan fingerprint density at radius 2 is 1.77 bits per heavy atom. The van der Waals surface area contributed by atoms with Gasteiger partial charge in [-0.1, -0.05) is 51.0 Å². The largest absolute Gasteiger partial charge is 0.432 e. The molecule has 2 atom stereocenters. The quantitative estimate of drug-likeness (QED) is 0.445. The van der Waals surface area contributed by atoms with E-state index in [2.05, 4.69) is 6.92 Å². The van der Waals surface area contributed by atoms with E-state index in [1.165, 1.54) is 12.1 Å². The number of ether oxygens (including phenoxy) is 2. The molecule has 0 aromatic heterocycles. The lowest BCUT2D eigenvalue weighted by Gasteiger charge is -2.33. The number of halogens is 3. The van der Waals surface area contributed by atoms with Gasteiger partial charge in [-0.15, -0.1) is 0 Å². The van der Waals surface area contributed by atoms with E-state index < -0.39 is 12.0 Å². The SMILES string of the molecule is CCCc1ccc(-c2ccc(OC(F)(F)C3CCC(CCC)OC3)cc2)c(C)c1F. The van der Waals surface area contributed by atoms with Crippen molar-refractivity contribution in [1.29, 1.82) is 0 Å². The third kappa shape index (κ3) is 5.18. The molecule has 2 unspecified atom stereocenters. The van der Waals surface area contributed by atoms with Crippen molar-refractivity contribution < 1.29 is 22.6 Å². The van der Waals surface area contributed by atoms with Crippen LogP contribution in [-0.4, -0.2) is 18.8 Å². The summed E-state index contributed by atoms with van der Waals surface area (Å²) in [6.07, 6.45) is 1.27. The number of rotatable bonds is 8. The predicted octanol–water partition coefficient (Wildman–Crippen LogP) is 7.32. The number of hydrogen-bond acceptors (Lipinski definition) is 2. The first-order valence-corrected chi connectivity index (χ1v) is 10.9. The first-order valence-electron chi connectivity index (χ1n) is 10.9. The molecular formula is C25H31F3O2. The van der Waals surface area contributed by atoms with Crippen LogP contribution < -0.4 is 4.74 Å². The fourth-order valence-electron chi connectivity index (χ4n) is 4.08. The Morgan fingerprint density at radius 1 is 1.03 bits per heavy atom. The van der Waals surface area contributed by atoms with Crippen LogP contribution in [0.15, 0.2) is 36.4 Å². The highest BCUT2D eigenvalue weighted by Crippen LogP contribution is 2.36. The van der Waals surface area contributed by atoms with Gasteiger partial charge in [-0.25, -0.2) is 4.39 Å². The van der Waals surface area contributed by atoms with Gasteiger partial charge in [0.05, 0.1) is 18.6 Å². The molecule has 5 heteroatoms. The van der Waals surface area contributed by atoms with Crippen molar-refractivity contribution in [3.63, 3.8) is 0 Å². The highest BCUT2D eigenvalue weighted by molar-refractivity contribution is 5.68. The molecular weight excluding hydrogens is 389 g/mol. The lowest BCUT2D eigenvalue weighted by Crippen LogP contribution is -2.41. The van der Waals surface area contributed by atoms with Crippen molar-refractivity contribution in [3.05, 3.63) is 53.3 Å². The Kier molecular flexibility index (Phi) is 7.45. The number of hydrogen-bond donors (Lipinski definition) is 0. The summed E-state index contributed by atoms with van der Waals surface area (Å²) in [6.45, 7) is 5.84. The van der Waals surface area contributed by atoms with Crippen molar-refractivity contribution in [2.45, 2.75) is 71.5 Å². The van der Waals surface area contributed by atoms with E-state index >= 15 is 0 Å². The zero-order valence-electron chi connectivity index (χ0n) is 18.0. The van der Waals surface area contributed by atoms with Crippen molar-refractivity contribution in [2.24, 2.45) is 5.92 Å². The molecule has 1 aliphatic heterocycles. The summed E-state index contributed by atoms with van der Waals surface area (Å²) in [5.74, 6) is -1.05. The molecule has 1 fully saturated rings. The Morgan fingerprint density at radius 3 is 2.37 bits per heavy atom. The summed E-state index contributed by atoms with van der Waals surface area (Å²) < 4.78 is 54.4. The fraction of sp³-hybridized carbons (Fsp3) is 0.520. The third-order valence-electron chi connectivity index (χ3n) is 5.86. The fourth-order valence-corrected chi connectivity index (χ4v) is 4.08. The average Bonchev–Trinajstić information content (AvgIpc) is 2.73. The van der Waals surface area contributed by atoms with E-state index in [1.54, 1.807) is 25.1 Å². The van der Waals surface area contributed by atoms with Crippen LogP contribution in [0.4, 0.5) is 13.2 Å². The third-order valence-corrected chi connectivity index (χ3v) is 5.86. The molecule has 1 heterocycles. The summed E-state index contributed by atoms with van der Waals surface area (Å²) in [5.41, 5.74) is 2.80. The molecule has 2 aromatic rings. The second-order valence-corrected chi connectivity index (χ2v) is 8.17. The number of benzene rings is 2. The zero-order chi connectivity index (χ0) is 21.7. The van der Waals surface area contributed by atoms with Crippen LogP contribution in [0.3, 0.4) is 0 Å². The molecule has 2 nitrogen and oxygen atoms in total. The topological polar surface area (TPSA) is 18.5 Å². The molecule has 0 N–H and O–H groups in total. The van der Waals surface area contributed by atoms with Crippen LogP contribution in [-0.2, 0) is 11.2 Å². The summed E-state index contributed by atoms with van der Waals surface area (Å²) in [7, 11) is 0. The number of aryl methyl sites for hydroxylation is 1. The Labute approximate surface area is 177 Å². The van der Waals surface area contributed by atoms with Gasteiger partial charge in [0.1, 0.15) is 11.6 Å². The summed E-state index contributed by atoms with van der Waals surface area (Å²) in [5, 5.41) is 0. The molecule has 30 heavy (non-hydrogen) atoms. The maximum atomic E-state index is 14.6. The van der Waals surface area contributed by atoms with E-state index in [0.717, 1.165) is 30.4 Å². The smallest absolute Gasteiger partial charge is 0.402 e. The second kappa shape index (κ2) is 9.86. The molecule has 0 spiro atoms. The first-order chi connectivity index (χ1) is 14.4. The molecule has 0 aliphatic carbocycles. The van der Waals surface area contributed by atoms with Gasteiger partial charge in [-0.05, 0) is 67.0 Å². The lowest BCUT2D eigenvalue weighted by molar-refractivity contribution is -0.241. The van der Waals surface area contributed by atoms with Gasteiger partial charge in [0.15, 0.2) is 0 Å². The van der Waals surface area contributed by atoms with Gasteiger partial charge in [-0.2, -0.15) is 8.78 Å². The van der Waals surface area contributed by atoms with E-state index in [9.17, 15) is 13.2 Å². The minimum absolute atomic E-state index is 0.0122. The van der Waals surface area contributed by atoms with Gasteiger partial charge >= 0.3 is 6.11 Å². The highest BCUT2D eigenvalue weighted by atomic mass is 19.3. The molecule has 0 radical (unpaired) electrons. The van der Waals surface area contributed by atoms with Gasteiger partial charge in [0.2, 0.25) is 0 Å². The maximum Gasteiger partial charge on any atom is 0.402 e. The molecule has 164 valence electrons. The number of alkyl halides is 2. The predicted molar refractivity (Wildman–Crippen MR) is 114 cm³/mol. The van der Waals surface area contributed by atoms with Crippen molar-refractivity contribution in [2.75, 3.05) is 6.61 Å². The molecule has 1 aliphatic rings. The van der Waals surface area contributed by atoms with Crippen LogP contribution >= 0.6 is 0 Å².